The van der Waals surface area contributed by atoms with E-state index in [0.29, 0.717) is 0 Å². The van der Waals surface area contributed by atoms with Crippen molar-refractivity contribution in [3.8, 4) is 0 Å². The van der Waals surface area contributed by atoms with Crippen LogP contribution in [0.1, 0.15) is 0 Å². The quantitative estimate of drug-likeness (QED) is 0.406. The highest BCUT2D eigenvalue weighted by Crippen LogP contribution is 1.48. The second-order valence-corrected chi connectivity index (χ2v) is 0.552. The van der Waals surface area contributed by atoms with Crippen LogP contribution >= 0.6 is 0 Å². The lowest BCUT2D eigenvalue weighted by molar-refractivity contribution is -0.140. The molecule has 0 bridgehead atoms. The maximum absolute atomic E-state index is 9.12. The highest BCUT2D eigenvalue weighted by atomic mass is 16.4. The standard InChI is InChI=1S/C2H4O3.H3N/c3-1-2(4)5;/h3H,1H2,(H,4,5);1H3/p+1. The smallest absolute Gasteiger partial charge is 0.329 e. The molecule has 4 nitrogen and oxygen atoms in total. The molecule has 0 spiro atoms. The van der Waals surface area contributed by atoms with Crippen molar-refractivity contribution in [2.45, 2.75) is 0 Å². The lowest BCUT2D eigenvalue weighted by Crippen LogP contribution is -1.98. The molecule has 4 heteroatoms. The molecular formula is C2H8NO3+. The van der Waals surface area contributed by atoms with Crippen LogP contribution in [0.25, 0.3) is 0 Å². The van der Waals surface area contributed by atoms with E-state index in [0.717, 1.165) is 0 Å². The van der Waals surface area contributed by atoms with Gasteiger partial charge in [0.1, 0.15) is 6.61 Å². The molecule has 0 aliphatic heterocycles. The van der Waals surface area contributed by atoms with Crippen LogP contribution in [0.4, 0.5) is 0 Å². The Morgan fingerprint density at radius 1 is 1.67 bits per heavy atom. The van der Waals surface area contributed by atoms with Crippen LogP contribution in [-0.4, -0.2) is 22.8 Å². The molecule has 0 fully saturated rings. The number of aliphatic carboxylic acids is 1. The number of carboxylic acids is 1. The Hall–Kier alpha value is -0.610. The molecule has 6 heavy (non-hydrogen) atoms. The van der Waals surface area contributed by atoms with Crippen molar-refractivity contribution in [1.82, 2.24) is 6.15 Å². The van der Waals surface area contributed by atoms with E-state index in [1.165, 1.54) is 0 Å². The summed E-state index contributed by atoms with van der Waals surface area (Å²) in [6.07, 6.45) is 0. The maximum atomic E-state index is 9.12. The number of rotatable bonds is 1. The number of carboxylic acid groups (broad SMARTS) is 1. The maximum Gasteiger partial charge on any atom is 0.329 e. The van der Waals surface area contributed by atoms with Gasteiger partial charge in [0.15, 0.2) is 0 Å². The third-order valence-corrected chi connectivity index (χ3v) is 0.135. The minimum absolute atomic E-state index is 0. The summed E-state index contributed by atoms with van der Waals surface area (Å²) in [5, 5.41) is 15.0. The Bertz CT molecular complexity index is 44.1. The van der Waals surface area contributed by atoms with Gasteiger partial charge < -0.3 is 16.4 Å². The van der Waals surface area contributed by atoms with Gasteiger partial charge in [-0.3, -0.25) is 0 Å². The van der Waals surface area contributed by atoms with Crippen molar-refractivity contribution in [2.24, 2.45) is 0 Å². The molecule has 6 N–H and O–H groups in total. The average Bonchev–Trinajstić information content (AvgIpc) is 1.38. The Balaban J connectivity index is 0. The molecule has 0 aromatic carbocycles. The summed E-state index contributed by atoms with van der Waals surface area (Å²) in [6, 6.07) is 0. The largest absolute Gasteiger partial charge is 0.480 e. The summed E-state index contributed by atoms with van der Waals surface area (Å²) in [5.74, 6) is -1.19. The van der Waals surface area contributed by atoms with E-state index < -0.39 is 12.6 Å². The van der Waals surface area contributed by atoms with Crippen LogP contribution in [0.15, 0.2) is 0 Å². The number of aliphatic hydroxyl groups is 1. The highest BCUT2D eigenvalue weighted by Gasteiger charge is 1.82. The van der Waals surface area contributed by atoms with Crippen LogP contribution in [0.5, 0.6) is 0 Å². The molecule has 0 unspecified atom stereocenters. The highest BCUT2D eigenvalue weighted by molar-refractivity contribution is 5.67. The first kappa shape index (κ1) is 9.04. The monoisotopic (exact) mass is 94.0 g/mol. The number of hydrogen-bond donors (Lipinski definition) is 3. The number of quaternary nitrogens is 1. The van der Waals surface area contributed by atoms with Crippen molar-refractivity contribution in [1.29, 1.82) is 0 Å². The molecule has 0 atom stereocenters. The molecular weight excluding hydrogens is 86.0 g/mol. The first-order chi connectivity index (χ1) is 2.27. The van der Waals surface area contributed by atoms with Gasteiger partial charge >= 0.3 is 5.97 Å². The summed E-state index contributed by atoms with van der Waals surface area (Å²) in [7, 11) is 0. The van der Waals surface area contributed by atoms with Crippen molar-refractivity contribution >= 4 is 5.97 Å². The fourth-order valence-electron chi connectivity index (χ4n) is 0. The molecule has 38 valence electrons. The van der Waals surface area contributed by atoms with Gasteiger partial charge in [0.2, 0.25) is 0 Å². The van der Waals surface area contributed by atoms with Crippen LogP contribution in [-0.2, 0) is 4.79 Å². The SMILES string of the molecule is O=C(O)CO.[NH4+]. The average molecular weight is 94.1 g/mol. The number of hydrogen-bond acceptors (Lipinski definition) is 2. The third-order valence-electron chi connectivity index (χ3n) is 0.135. The molecule has 0 saturated carbocycles. The molecule has 0 aromatic rings. The van der Waals surface area contributed by atoms with E-state index >= 15 is 0 Å². The number of carbonyl (C=O) groups is 1. The molecule has 0 radical (unpaired) electrons. The second-order valence-electron chi connectivity index (χ2n) is 0.552. The lowest BCUT2D eigenvalue weighted by Gasteiger charge is -1.72. The van der Waals surface area contributed by atoms with Gasteiger partial charge in [0.25, 0.3) is 0 Å². The molecule has 0 rings (SSSR count). The minimum atomic E-state index is -1.19. The molecule has 0 amide bonds. The molecule has 0 heterocycles. The van der Waals surface area contributed by atoms with Crippen LogP contribution in [0, 0.1) is 0 Å². The summed E-state index contributed by atoms with van der Waals surface area (Å²) >= 11 is 0. The normalized spacial score (nSPS) is 6.17. The van der Waals surface area contributed by atoms with Crippen molar-refractivity contribution < 1.29 is 15.0 Å². The fourth-order valence-corrected chi connectivity index (χ4v) is 0. The Morgan fingerprint density at radius 2 is 1.83 bits per heavy atom. The third kappa shape index (κ3) is 10.0. The zero-order chi connectivity index (χ0) is 4.28. The summed E-state index contributed by atoms with van der Waals surface area (Å²) in [4.78, 5) is 9.12. The predicted molar refractivity (Wildman–Crippen MR) is 20.7 cm³/mol. The van der Waals surface area contributed by atoms with E-state index in [9.17, 15) is 0 Å². The van der Waals surface area contributed by atoms with Crippen molar-refractivity contribution in [3.63, 3.8) is 0 Å². The molecule has 0 aliphatic rings. The number of aliphatic hydroxyl groups excluding tert-OH is 1. The Kier molecular flexibility index (Phi) is 6.61. The van der Waals surface area contributed by atoms with Gasteiger partial charge in [0, 0.05) is 0 Å². The zero-order valence-corrected chi connectivity index (χ0v) is 3.51. The van der Waals surface area contributed by atoms with Gasteiger partial charge in [0.05, 0.1) is 0 Å². The van der Waals surface area contributed by atoms with E-state index in [1.807, 2.05) is 0 Å². The Morgan fingerprint density at radius 3 is 1.83 bits per heavy atom. The van der Waals surface area contributed by atoms with E-state index in [2.05, 4.69) is 0 Å². The second kappa shape index (κ2) is 4.39. The first-order valence-electron chi connectivity index (χ1n) is 1.10. The van der Waals surface area contributed by atoms with Crippen LogP contribution in [0.2, 0.25) is 0 Å². The molecule has 0 aromatic heterocycles. The van der Waals surface area contributed by atoms with Crippen LogP contribution < -0.4 is 6.15 Å². The predicted octanol–water partition coefficient (Wildman–Crippen LogP) is -0.561. The van der Waals surface area contributed by atoms with Gasteiger partial charge in [-0.15, -0.1) is 0 Å². The fraction of sp³-hybridized carbons (Fsp3) is 0.500. The minimum Gasteiger partial charge on any atom is -0.480 e. The van der Waals surface area contributed by atoms with Gasteiger partial charge in [-0.05, 0) is 0 Å². The van der Waals surface area contributed by atoms with Gasteiger partial charge in [-0.1, -0.05) is 0 Å². The summed E-state index contributed by atoms with van der Waals surface area (Å²) in [5.41, 5.74) is 0. The van der Waals surface area contributed by atoms with E-state index in [1.54, 1.807) is 0 Å². The van der Waals surface area contributed by atoms with Crippen molar-refractivity contribution in [3.05, 3.63) is 0 Å². The summed E-state index contributed by atoms with van der Waals surface area (Å²) < 4.78 is 0. The molecule has 0 aliphatic carbocycles. The van der Waals surface area contributed by atoms with E-state index in [4.69, 9.17) is 15.0 Å². The van der Waals surface area contributed by atoms with Gasteiger partial charge in [-0.25, -0.2) is 4.79 Å². The van der Waals surface area contributed by atoms with Gasteiger partial charge in [-0.2, -0.15) is 0 Å². The lowest BCUT2D eigenvalue weighted by atomic mass is 10.8. The summed E-state index contributed by atoms with van der Waals surface area (Å²) in [6.45, 7) is -0.778. The Labute approximate surface area is 35.0 Å². The first-order valence-corrected chi connectivity index (χ1v) is 1.10. The topological polar surface area (TPSA) is 94.0 Å². The zero-order valence-electron chi connectivity index (χ0n) is 3.51. The van der Waals surface area contributed by atoms with Crippen molar-refractivity contribution in [2.75, 3.05) is 6.61 Å². The van der Waals surface area contributed by atoms with E-state index in [-0.39, 0.29) is 6.15 Å². The van der Waals surface area contributed by atoms with Crippen LogP contribution in [0.3, 0.4) is 0 Å². The molecule has 0 saturated heterocycles.